The first kappa shape index (κ1) is 8.78. The largest absolute Gasteiger partial charge is 0.476 e. The zero-order valence-electron chi connectivity index (χ0n) is 7.75. The maximum Gasteiger partial charge on any atom is 0.367 e. The Kier molecular flexibility index (Phi) is 1.75. The third-order valence-electron chi connectivity index (χ3n) is 2.67. The second-order valence-electron chi connectivity index (χ2n) is 3.59. The highest BCUT2D eigenvalue weighted by molar-refractivity contribution is 7.18. The zero-order chi connectivity index (χ0) is 10.4. The van der Waals surface area contributed by atoms with Gasteiger partial charge in [-0.25, -0.2) is 4.79 Å². The molecule has 0 amide bonds. The molecule has 1 fully saturated rings. The fourth-order valence-corrected chi connectivity index (χ4v) is 2.32. The van der Waals surface area contributed by atoms with Gasteiger partial charge >= 0.3 is 5.97 Å². The summed E-state index contributed by atoms with van der Waals surface area (Å²) >= 11 is 1.06. The molecule has 0 atom stereocenters. The van der Waals surface area contributed by atoms with Gasteiger partial charge < -0.3 is 5.11 Å². The van der Waals surface area contributed by atoms with Gasteiger partial charge in [0.1, 0.15) is 0 Å². The van der Waals surface area contributed by atoms with Crippen molar-refractivity contribution in [2.75, 3.05) is 0 Å². The molecule has 7 heteroatoms. The summed E-state index contributed by atoms with van der Waals surface area (Å²) in [6, 6.07) is 0. The molecule has 2 heterocycles. The van der Waals surface area contributed by atoms with Crippen LogP contribution in [0.5, 0.6) is 0 Å². The van der Waals surface area contributed by atoms with Crippen molar-refractivity contribution in [2.45, 2.75) is 25.2 Å². The number of aromatic carboxylic acids is 1. The molecule has 0 aromatic carbocycles. The third kappa shape index (κ3) is 1.23. The van der Waals surface area contributed by atoms with E-state index in [2.05, 4.69) is 15.3 Å². The Morgan fingerprint density at radius 3 is 2.87 bits per heavy atom. The lowest BCUT2D eigenvalue weighted by Gasteiger charge is -2.22. The predicted octanol–water partition coefficient (Wildman–Crippen LogP) is 1.15. The molecule has 2 aromatic rings. The molecule has 1 N–H and O–H groups in total. The van der Waals surface area contributed by atoms with Crippen LogP contribution in [0.25, 0.3) is 4.96 Å². The summed E-state index contributed by atoms with van der Waals surface area (Å²) in [5.41, 5.74) is 0. The van der Waals surface area contributed by atoms with E-state index in [1.807, 2.05) is 0 Å². The van der Waals surface area contributed by atoms with Gasteiger partial charge in [0.2, 0.25) is 9.97 Å². The maximum atomic E-state index is 10.7. The highest BCUT2D eigenvalue weighted by Gasteiger charge is 2.26. The molecule has 0 unspecified atom stereocenters. The zero-order valence-corrected chi connectivity index (χ0v) is 8.57. The van der Waals surface area contributed by atoms with E-state index in [0.717, 1.165) is 30.0 Å². The first-order chi connectivity index (χ1) is 7.25. The summed E-state index contributed by atoms with van der Waals surface area (Å²) in [5, 5.41) is 20.8. The molecular weight excluding hydrogens is 216 g/mol. The number of hydrogen-bond donors (Lipinski definition) is 1. The molecule has 6 nitrogen and oxygen atoms in total. The van der Waals surface area contributed by atoms with Gasteiger partial charge in [-0.3, -0.25) is 0 Å². The van der Waals surface area contributed by atoms with E-state index in [1.54, 1.807) is 4.52 Å². The third-order valence-corrected chi connectivity index (χ3v) is 3.56. The van der Waals surface area contributed by atoms with Crippen LogP contribution in [0, 0.1) is 0 Å². The van der Waals surface area contributed by atoms with E-state index >= 15 is 0 Å². The van der Waals surface area contributed by atoms with Gasteiger partial charge in [0.15, 0.2) is 5.82 Å². The second-order valence-corrected chi connectivity index (χ2v) is 4.55. The molecule has 1 saturated carbocycles. The molecule has 2 aromatic heterocycles. The minimum Gasteiger partial charge on any atom is -0.476 e. The first-order valence-corrected chi connectivity index (χ1v) is 5.53. The Balaban J connectivity index is 2.11. The Morgan fingerprint density at radius 2 is 2.27 bits per heavy atom. The smallest absolute Gasteiger partial charge is 0.367 e. The quantitative estimate of drug-likeness (QED) is 0.827. The van der Waals surface area contributed by atoms with Crippen LogP contribution in [-0.4, -0.2) is 30.9 Å². The number of aromatic nitrogens is 4. The molecule has 3 rings (SSSR count). The van der Waals surface area contributed by atoms with Gasteiger partial charge in [0, 0.05) is 5.92 Å². The van der Waals surface area contributed by atoms with Gasteiger partial charge in [-0.05, 0) is 12.8 Å². The summed E-state index contributed by atoms with van der Waals surface area (Å²) in [7, 11) is 0. The molecule has 1 aliphatic carbocycles. The van der Waals surface area contributed by atoms with E-state index in [4.69, 9.17) is 5.11 Å². The summed E-state index contributed by atoms with van der Waals surface area (Å²) in [6.07, 6.45) is 3.40. The van der Waals surface area contributed by atoms with Crippen LogP contribution in [-0.2, 0) is 0 Å². The summed E-state index contributed by atoms with van der Waals surface area (Å²) in [5.74, 6) is 0.203. The number of fused-ring (bicyclic) bond motifs is 1. The molecule has 0 spiro atoms. The molecule has 1 aliphatic rings. The average molecular weight is 224 g/mol. The highest BCUT2D eigenvalue weighted by atomic mass is 32.1. The van der Waals surface area contributed by atoms with Crippen molar-refractivity contribution in [1.29, 1.82) is 0 Å². The molecule has 0 saturated heterocycles. The predicted molar refractivity (Wildman–Crippen MR) is 52.2 cm³/mol. The normalized spacial score (nSPS) is 16.8. The van der Waals surface area contributed by atoms with Crippen molar-refractivity contribution >= 4 is 22.3 Å². The monoisotopic (exact) mass is 224 g/mol. The van der Waals surface area contributed by atoms with Crippen molar-refractivity contribution in [2.24, 2.45) is 0 Å². The van der Waals surface area contributed by atoms with Crippen LogP contribution in [0.4, 0.5) is 0 Å². The van der Waals surface area contributed by atoms with Crippen molar-refractivity contribution in [3.63, 3.8) is 0 Å². The molecule has 0 bridgehead atoms. The fourth-order valence-electron chi connectivity index (χ4n) is 1.64. The van der Waals surface area contributed by atoms with Crippen LogP contribution in [0.15, 0.2) is 0 Å². The first-order valence-electron chi connectivity index (χ1n) is 4.71. The van der Waals surface area contributed by atoms with Crippen LogP contribution in [0.3, 0.4) is 0 Å². The van der Waals surface area contributed by atoms with Gasteiger partial charge in [-0.1, -0.05) is 17.8 Å². The van der Waals surface area contributed by atoms with Crippen molar-refractivity contribution in [3.05, 3.63) is 10.8 Å². The maximum absolute atomic E-state index is 10.7. The Morgan fingerprint density at radius 1 is 1.47 bits per heavy atom. The van der Waals surface area contributed by atoms with Crippen molar-refractivity contribution in [3.8, 4) is 0 Å². The van der Waals surface area contributed by atoms with E-state index in [-0.39, 0.29) is 5.01 Å². The number of rotatable bonds is 2. The van der Waals surface area contributed by atoms with Crippen molar-refractivity contribution in [1.82, 2.24) is 19.8 Å². The minimum absolute atomic E-state index is 0.0699. The molecule has 78 valence electrons. The number of carboxylic acid groups (broad SMARTS) is 1. The van der Waals surface area contributed by atoms with Crippen molar-refractivity contribution < 1.29 is 9.90 Å². The molecule has 0 aliphatic heterocycles. The number of carbonyl (C=O) groups is 1. The Bertz CT molecular complexity index is 528. The second kappa shape index (κ2) is 2.99. The van der Waals surface area contributed by atoms with Crippen LogP contribution in [0.2, 0.25) is 0 Å². The van der Waals surface area contributed by atoms with E-state index in [9.17, 15) is 4.79 Å². The lowest BCUT2D eigenvalue weighted by molar-refractivity contribution is 0.0695. The van der Waals surface area contributed by atoms with E-state index < -0.39 is 5.97 Å². The summed E-state index contributed by atoms with van der Waals surface area (Å²) in [6.45, 7) is 0. The summed E-state index contributed by atoms with van der Waals surface area (Å²) in [4.78, 5) is 11.3. The van der Waals surface area contributed by atoms with Crippen LogP contribution in [0.1, 0.15) is 40.8 Å². The molecule has 15 heavy (non-hydrogen) atoms. The molecule has 0 radical (unpaired) electrons. The van der Waals surface area contributed by atoms with Gasteiger partial charge in [-0.15, -0.1) is 15.3 Å². The van der Waals surface area contributed by atoms with E-state index in [0.29, 0.717) is 10.9 Å². The van der Waals surface area contributed by atoms with Gasteiger partial charge in [0.05, 0.1) is 0 Å². The minimum atomic E-state index is -1.01. The standard InChI is InChI=1S/C8H8N4O2S/c13-7(14)6-11-12-5(4-2-1-3-4)9-10-8(12)15-6/h4H,1-3H2,(H,13,14). The Labute approximate surface area is 88.6 Å². The molecular formula is C8H8N4O2S. The number of nitrogens with zero attached hydrogens (tertiary/aromatic N) is 4. The fraction of sp³-hybridized carbons (Fsp3) is 0.500. The summed E-state index contributed by atoms with van der Waals surface area (Å²) < 4.78 is 1.57. The SMILES string of the molecule is O=C(O)c1nn2c(C3CCC3)nnc2s1. The average Bonchev–Trinajstić information content (AvgIpc) is 2.63. The highest BCUT2D eigenvalue weighted by Crippen LogP contribution is 2.35. The van der Waals surface area contributed by atoms with Crippen LogP contribution < -0.4 is 0 Å². The van der Waals surface area contributed by atoms with Gasteiger partial charge in [-0.2, -0.15) is 4.52 Å². The lowest BCUT2D eigenvalue weighted by atomic mass is 9.85. The Hall–Kier alpha value is -1.50. The number of hydrogen-bond acceptors (Lipinski definition) is 5. The van der Waals surface area contributed by atoms with Crippen LogP contribution >= 0.6 is 11.3 Å². The van der Waals surface area contributed by atoms with Gasteiger partial charge in [0.25, 0.3) is 0 Å². The lowest BCUT2D eigenvalue weighted by Crippen LogP contribution is -2.13. The number of carboxylic acids is 1. The van der Waals surface area contributed by atoms with E-state index in [1.165, 1.54) is 6.42 Å². The topological polar surface area (TPSA) is 80.4 Å².